The van der Waals surface area contributed by atoms with Gasteiger partial charge < -0.3 is 9.47 Å². The molecule has 1 atom stereocenters. The van der Waals surface area contributed by atoms with Gasteiger partial charge in [0.05, 0.1) is 0 Å². The average molecular weight is 172 g/mol. The van der Waals surface area contributed by atoms with Gasteiger partial charge in [0, 0.05) is 0 Å². The Balaban J connectivity index is 2.92. The van der Waals surface area contributed by atoms with Crippen LogP contribution in [0.25, 0.3) is 0 Å². The monoisotopic (exact) mass is 172 g/mol. The summed E-state index contributed by atoms with van der Waals surface area (Å²) in [5.41, 5.74) is -1.58. The Morgan fingerprint density at radius 3 is 2.42 bits per heavy atom. The molecular formula is C8H12O4. The first kappa shape index (κ1) is 9.03. The summed E-state index contributed by atoms with van der Waals surface area (Å²) in [5, 5.41) is 0. The molecule has 68 valence electrons. The van der Waals surface area contributed by atoms with E-state index in [1.54, 1.807) is 20.8 Å². The molecule has 1 unspecified atom stereocenters. The van der Waals surface area contributed by atoms with E-state index < -0.39 is 11.0 Å². The predicted octanol–water partition coefficient (Wildman–Crippen LogP) is 0.501. The third-order valence-electron chi connectivity index (χ3n) is 2.62. The Kier molecular flexibility index (Phi) is 1.86. The van der Waals surface area contributed by atoms with E-state index in [4.69, 9.17) is 9.47 Å². The fraction of sp³-hybridized carbons (Fsp3) is 0.750. The third-order valence-corrected chi connectivity index (χ3v) is 2.62. The molecule has 12 heavy (non-hydrogen) atoms. The van der Waals surface area contributed by atoms with Crippen LogP contribution in [-0.2, 0) is 19.1 Å². The molecule has 0 radical (unpaired) electrons. The number of rotatable bonds is 2. The van der Waals surface area contributed by atoms with Gasteiger partial charge >= 0.3 is 5.97 Å². The van der Waals surface area contributed by atoms with Gasteiger partial charge in [-0.1, -0.05) is 0 Å². The van der Waals surface area contributed by atoms with Gasteiger partial charge in [-0.3, -0.25) is 9.59 Å². The number of carbonyl (C=O) groups is 2. The lowest BCUT2D eigenvalue weighted by Crippen LogP contribution is -2.44. The van der Waals surface area contributed by atoms with Crippen LogP contribution in [0.4, 0.5) is 0 Å². The van der Waals surface area contributed by atoms with Crippen molar-refractivity contribution in [1.29, 1.82) is 0 Å². The first-order valence-corrected chi connectivity index (χ1v) is 3.73. The molecule has 0 aromatic heterocycles. The molecule has 0 aromatic rings. The summed E-state index contributed by atoms with van der Waals surface area (Å²) in [7, 11) is 0. The van der Waals surface area contributed by atoms with Gasteiger partial charge in [0.15, 0.2) is 5.60 Å². The van der Waals surface area contributed by atoms with Crippen molar-refractivity contribution < 1.29 is 19.1 Å². The van der Waals surface area contributed by atoms with E-state index >= 15 is 0 Å². The fourth-order valence-electron chi connectivity index (χ4n) is 1.07. The zero-order chi connectivity index (χ0) is 9.41. The Bertz CT molecular complexity index is 221. The lowest BCUT2D eigenvalue weighted by Gasteiger charge is -2.30. The van der Waals surface area contributed by atoms with Crippen molar-refractivity contribution in [3.8, 4) is 0 Å². The minimum atomic E-state index is -0.828. The molecule has 1 rings (SSSR count). The van der Waals surface area contributed by atoms with Gasteiger partial charge in [0.25, 0.3) is 6.47 Å². The zero-order valence-electron chi connectivity index (χ0n) is 7.42. The quantitative estimate of drug-likeness (QED) is 0.449. The van der Waals surface area contributed by atoms with Gasteiger partial charge in [-0.2, -0.15) is 0 Å². The van der Waals surface area contributed by atoms with E-state index in [0.717, 1.165) is 0 Å². The Morgan fingerprint density at radius 2 is 2.08 bits per heavy atom. The number of esters is 1. The first-order chi connectivity index (χ1) is 5.44. The second kappa shape index (κ2) is 2.47. The van der Waals surface area contributed by atoms with Gasteiger partial charge in [-0.05, 0) is 20.8 Å². The van der Waals surface area contributed by atoms with E-state index in [-0.39, 0.29) is 12.6 Å². The Morgan fingerprint density at radius 1 is 1.50 bits per heavy atom. The van der Waals surface area contributed by atoms with Crippen molar-refractivity contribution in [1.82, 2.24) is 0 Å². The van der Waals surface area contributed by atoms with Gasteiger partial charge in [0.1, 0.15) is 12.0 Å². The molecule has 1 fully saturated rings. The van der Waals surface area contributed by atoms with Crippen molar-refractivity contribution in [2.75, 3.05) is 6.61 Å². The minimum Gasteiger partial charge on any atom is -0.461 e. The maximum absolute atomic E-state index is 11.2. The van der Waals surface area contributed by atoms with Crippen molar-refractivity contribution in [2.24, 2.45) is 5.41 Å². The summed E-state index contributed by atoms with van der Waals surface area (Å²) in [6.07, 6.45) is 0. The van der Waals surface area contributed by atoms with E-state index in [1.807, 2.05) is 0 Å². The highest BCUT2D eigenvalue weighted by Crippen LogP contribution is 2.40. The van der Waals surface area contributed by atoms with Crippen molar-refractivity contribution >= 4 is 12.4 Å². The summed E-state index contributed by atoms with van der Waals surface area (Å²) in [4.78, 5) is 21.3. The zero-order valence-corrected chi connectivity index (χ0v) is 7.42. The molecule has 0 aliphatic carbocycles. The predicted molar refractivity (Wildman–Crippen MR) is 40.3 cm³/mol. The minimum absolute atomic E-state index is 0.136. The van der Waals surface area contributed by atoms with Crippen LogP contribution in [0, 0.1) is 5.41 Å². The van der Waals surface area contributed by atoms with E-state index in [9.17, 15) is 9.59 Å². The average Bonchev–Trinajstić information content (AvgIpc) is 2.16. The van der Waals surface area contributed by atoms with Crippen LogP contribution < -0.4 is 0 Å². The van der Waals surface area contributed by atoms with E-state index in [0.29, 0.717) is 6.47 Å². The van der Waals surface area contributed by atoms with Crippen LogP contribution in [-0.4, -0.2) is 24.6 Å². The summed E-state index contributed by atoms with van der Waals surface area (Å²) < 4.78 is 9.66. The van der Waals surface area contributed by atoms with Crippen LogP contribution in [0.15, 0.2) is 0 Å². The molecule has 0 bridgehead atoms. The first-order valence-electron chi connectivity index (χ1n) is 3.73. The number of hydrogen-bond donors (Lipinski definition) is 0. The molecule has 0 N–H and O–H groups in total. The highest BCUT2D eigenvalue weighted by atomic mass is 16.6. The Labute approximate surface area is 70.8 Å². The molecule has 1 heterocycles. The van der Waals surface area contributed by atoms with Gasteiger partial charge in [-0.25, -0.2) is 0 Å². The molecule has 4 heteroatoms. The highest BCUT2D eigenvalue weighted by molar-refractivity contribution is 5.80. The molecule has 0 aromatic carbocycles. The van der Waals surface area contributed by atoms with Crippen LogP contribution >= 0.6 is 0 Å². The van der Waals surface area contributed by atoms with Crippen LogP contribution in [0.5, 0.6) is 0 Å². The van der Waals surface area contributed by atoms with Crippen LogP contribution in [0.2, 0.25) is 0 Å². The number of ether oxygens (including phenoxy) is 2. The molecular weight excluding hydrogens is 160 g/mol. The molecule has 0 spiro atoms. The summed E-state index contributed by atoms with van der Waals surface area (Å²) in [6.45, 7) is 5.57. The topological polar surface area (TPSA) is 52.6 Å². The van der Waals surface area contributed by atoms with Crippen molar-refractivity contribution in [2.45, 2.75) is 26.4 Å². The lowest BCUT2D eigenvalue weighted by molar-refractivity contribution is -0.153. The fourth-order valence-corrected chi connectivity index (χ4v) is 1.07. The second-order valence-electron chi connectivity index (χ2n) is 3.65. The van der Waals surface area contributed by atoms with Crippen LogP contribution in [0.3, 0.4) is 0 Å². The number of hydrogen-bond acceptors (Lipinski definition) is 4. The van der Waals surface area contributed by atoms with E-state index in [1.165, 1.54) is 0 Å². The molecule has 1 aliphatic rings. The smallest absolute Gasteiger partial charge is 0.315 e. The second-order valence-corrected chi connectivity index (χ2v) is 3.65. The van der Waals surface area contributed by atoms with E-state index in [2.05, 4.69) is 0 Å². The van der Waals surface area contributed by atoms with Crippen molar-refractivity contribution in [3.05, 3.63) is 0 Å². The summed E-state index contributed by atoms with van der Waals surface area (Å²) >= 11 is 0. The molecule has 4 nitrogen and oxygen atoms in total. The van der Waals surface area contributed by atoms with Crippen molar-refractivity contribution in [3.63, 3.8) is 0 Å². The van der Waals surface area contributed by atoms with Gasteiger partial charge in [-0.15, -0.1) is 0 Å². The molecule has 1 saturated heterocycles. The van der Waals surface area contributed by atoms with Crippen LogP contribution in [0.1, 0.15) is 20.8 Å². The standard InChI is InChI=1S/C8H12O4/c1-7(2)6(10)11-4-8(7,3)12-5-9/h5H,4H2,1-3H3. The number of carbonyl (C=O) groups excluding carboxylic acids is 2. The largest absolute Gasteiger partial charge is 0.461 e. The SMILES string of the molecule is CC1(OC=O)COC(=O)C1(C)C. The maximum atomic E-state index is 11.2. The van der Waals surface area contributed by atoms with Gasteiger partial charge in [0.2, 0.25) is 0 Å². The summed E-state index contributed by atoms with van der Waals surface area (Å²) in [6, 6.07) is 0. The Hall–Kier alpha value is -1.06. The lowest BCUT2D eigenvalue weighted by atomic mass is 9.78. The normalized spacial score (nSPS) is 32.8. The third kappa shape index (κ3) is 0.983. The maximum Gasteiger partial charge on any atom is 0.315 e. The molecule has 0 saturated carbocycles. The molecule has 0 amide bonds. The highest BCUT2D eigenvalue weighted by Gasteiger charge is 2.56. The molecule has 1 aliphatic heterocycles. The number of cyclic esters (lactones) is 1. The summed E-state index contributed by atoms with van der Waals surface area (Å²) in [5.74, 6) is -0.327.